The second kappa shape index (κ2) is 9.60. The van der Waals surface area contributed by atoms with Crippen LogP contribution in [0, 0.1) is 11.6 Å². The normalized spacial score (nSPS) is 11.8. The number of amides is 1. The number of aromatic nitrogens is 3. The zero-order valence-corrected chi connectivity index (χ0v) is 18.1. The Morgan fingerprint density at radius 3 is 2.73 bits per heavy atom. The van der Waals surface area contributed by atoms with Crippen molar-refractivity contribution in [2.24, 2.45) is 7.05 Å². The molecule has 2 aromatic carbocycles. The van der Waals surface area contributed by atoms with Crippen molar-refractivity contribution in [1.29, 1.82) is 0 Å². The summed E-state index contributed by atoms with van der Waals surface area (Å²) in [5.41, 5.74) is 2.03. The summed E-state index contributed by atoms with van der Waals surface area (Å²) in [6, 6.07) is 15.8. The highest BCUT2D eigenvalue weighted by Crippen LogP contribution is 2.26. The maximum Gasteiger partial charge on any atom is 0.255 e. The number of carbonyl (C=O) groups is 1. The number of pyridine rings is 1. The lowest BCUT2D eigenvalue weighted by molar-refractivity contribution is 0.0940. The molecule has 2 heterocycles. The molecule has 0 fully saturated rings. The Kier molecular flexibility index (Phi) is 6.44. The highest BCUT2D eigenvalue weighted by Gasteiger charge is 2.21. The highest BCUT2D eigenvalue weighted by atomic mass is 19.1. The quantitative estimate of drug-likeness (QED) is 0.440. The van der Waals surface area contributed by atoms with Crippen LogP contribution in [0.2, 0.25) is 0 Å². The highest BCUT2D eigenvalue weighted by molar-refractivity contribution is 6.00. The van der Waals surface area contributed by atoms with Gasteiger partial charge in [-0.3, -0.25) is 14.5 Å². The van der Waals surface area contributed by atoms with Gasteiger partial charge < -0.3 is 10.1 Å². The molecule has 0 saturated carbocycles. The summed E-state index contributed by atoms with van der Waals surface area (Å²) in [6.07, 6.45) is 3.21. The summed E-state index contributed by atoms with van der Waals surface area (Å²) < 4.78 is 34.9. The van der Waals surface area contributed by atoms with Crippen molar-refractivity contribution < 1.29 is 18.3 Å². The van der Waals surface area contributed by atoms with Gasteiger partial charge >= 0.3 is 0 Å². The standard InChI is InChI=1S/C25H22F2N4O2/c1-16(17-6-5-8-20(12-17)33-15-19-7-3-4-11-28-19)29-25(32)22-14-31(2)30-24(22)21-10-9-18(26)13-23(21)27/h3-14,16H,15H2,1-2H3,(H,29,32). The second-order valence-corrected chi connectivity index (χ2v) is 7.57. The molecule has 0 aliphatic heterocycles. The largest absolute Gasteiger partial charge is 0.487 e. The van der Waals surface area contributed by atoms with Crippen molar-refractivity contribution in [2.75, 3.05) is 0 Å². The third kappa shape index (κ3) is 5.23. The Balaban J connectivity index is 1.49. The van der Waals surface area contributed by atoms with E-state index < -0.39 is 17.5 Å². The number of nitrogens with one attached hydrogen (secondary N) is 1. The van der Waals surface area contributed by atoms with Crippen molar-refractivity contribution >= 4 is 5.91 Å². The van der Waals surface area contributed by atoms with E-state index in [1.54, 1.807) is 13.2 Å². The van der Waals surface area contributed by atoms with Gasteiger partial charge in [0.1, 0.15) is 29.7 Å². The molecule has 0 spiro atoms. The Hall–Kier alpha value is -4.07. The molecule has 168 valence electrons. The van der Waals surface area contributed by atoms with Gasteiger partial charge in [0, 0.05) is 31.1 Å². The number of nitrogens with zero attached hydrogens (tertiary/aromatic N) is 3. The van der Waals surface area contributed by atoms with Crippen molar-refractivity contribution in [3.63, 3.8) is 0 Å². The molecule has 33 heavy (non-hydrogen) atoms. The summed E-state index contributed by atoms with van der Waals surface area (Å²) in [7, 11) is 1.63. The molecule has 0 aliphatic carbocycles. The molecule has 0 aliphatic rings. The average Bonchev–Trinajstić information content (AvgIpc) is 3.20. The van der Waals surface area contributed by atoms with E-state index >= 15 is 0 Å². The van der Waals surface area contributed by atoms with Crippen LogP contribution in [-0.2, 0) is 13.7 Å². The lowest BCUT2D eigenvalue weighted by atomic mass is 10.1. The van der Waals surface area contributed by atoms with Crippen molar-refractivity contribution in [3.05, 3.63) is 102 Å². The van der Waals surface area contributed by atoms with E-state index in [9.17, 15) is 13.6 Å². The number of aryl methyl sites for hydroxylation is 1. The van der Waals surface area contributed by atoms with Gasteiger partial charge in [0.15, 0.2) is 0 Å². The van der Waals surface area contributed by atoms with Crippen LogP contribution in [0.15, 0.2) is 73.1 Å². The summed E-state index contributed by atoms with van der Waals surface area (Å²) in [4.78, 5) is 17.2. The summed E-state index contributed by atoms with van der Waals surface area (Å²) in [5, 5.41) is 7.12. The number of carbonyl (C=O) groups excluding carboxylic acids is 1. The van der Waals surface area contributed by atoms with E-state index in [-0.39, 0.29) is 22.9 Å². The van der Waals surface area contributed by atoms with Gasteiger partial charge in [-0.2, -0.15) is 5.10 Å². The minimum absolute atomic E-state index is 0.0553. The fraction of sp³-hybridized carbons (Fsp3) is 0.160. The second-order valence-electron chi connectivity index (χ2n) is 7.57. The molecule has 0 saturated heterocycles. The van der Waals surface area contributed by atoms with E-state index in [4.69, 9.17) is 4.74 Å². The van der Waals surface area contributed by atoms with Crippen molar-refractivity contribution in [1.82, 2.24) is 20.1 Å². The third-order valence-electron chi connectivity index (χ3n) is 5.08. The van der Waals surface area contributed by atoms with Crippen LogP contribution in [0.3, 0.4) is 0 Å². The maximum atomic E-state index is 14.3. The number of hydrogen-bond acceptors (Lipinski definition) is 4. The Morgan fingerprint density at radius 1 is 1.12 bits per heavy atom. The summed E-state index contributed by atoms with van der Waals surface area (Å²) in [6.45, 7) is 2.16. The molecule has 0 radical (unpaired) electrons. The van der Waals surface area contributed by atoms with E-state index in [1.807, 2.05) is 49.4 Å². The first-order chi connectivity index (χ1) is 15.9. The van der Waals surface area contributed by atoms with E-state index in [1.165, 1.54) is 16.9 Å². The van der Waals surface area contributed by atoms with Gasteiger partial charge in [0.05, 0.1) is 17.3 Å². The van der Waals surface area contributed by atoms with Gasteiger partial charge in [-0.1, -0.05) is 18.2 Å². The van der Waals surface area contributed by atoms with Gasteiger partial charge in [-0.15, -0.1) is 0 Å². The van der Waals surface area contributed by atoms with Crippen LogP contribution in [0.5, 0.6) is 5.75 Å². The fourth-order valence-electron chi connectivity index (χ4n) is 3.41. The van der Waals surface area contributed by atoms with E-state index in [0.29, 0.717) is 12.4 Å². The van der Waals surface area contributed by atoms with Crippen LogP contribution < -0.4 is 10.1 Å². The molecular weight excluding hydrogens is 426 g/mol. The third-order valence-corrected chi connectivity index (χ3v) is 5.08. The van der Waals surface area contributed by atoms with Crippen molar-refractivity contribution in [3.8, 4) is 17.0 Å². The Labute approximate surface area is 189 Å². The predicted octanol–water partition coefficient (Wildman–Crippen LogP) is 4.83. The Bertz CT molecular complexity index is 1270. The lowest BCUT2D eigenvalue weighted by Gasteiger charge is -2.16. The molecule has 1 atom stereocenters. The molecule has 1 unspecified atom stereocenters. The molecule has 4 aromatic rings. The first-order valence-electron chi connectivity index (χ1n) is 10.3. The summed E-state index contributed by atoms with van der Waals surface area (Å²) in [5.74, 6) is -1.26. The molecule has 2 aromatic heterocycles. The number of halogens is 2. The minimum Gasteiger partial charge on any atom is -0.487 e. The van der Waals surface area contributed by atoms with E-state index in [0.717, 1.165) is 23.4 Å². The SMILES string of the molecule is CC(NC(=O)c1cn(C)nc1-c1ccc(F)cc1F)c1cccc(OCc2ccccn2)c1. The van der Waals surface area contributed by atoms with Gasteiger partial charge in [-0.05, 0) is 48.9 Å². The average molecular weight is 448 g/mol. The molecular formula is C25H22F2N4O2. The van der Waals surface area contributed by atoms with Gasteiger partial charge in [-0.25, -0.2) is 8.78 Å². The predicted molar refractivity (Wildman–Crippen MR) is 119 cm³/mol. The molecule has 1 N–H and O–H groups in total. The van der Waals surface area contributed by atoms with Gasteiger partial charge in [0.2, 0.25) is 0 Å². The van der Waals surface area contributed by atoms with Crippen LogP contribution in [0.4, 0.5) is 8.78 Å². The smallest absolute Gasteiger partial charge is 0.255 e. The number of benzene rings is 2. The monoisotopic (exact) mass is 448 g/mol. The number of hydrogen-bond donors (Lipinski definition) is 1. The fourth-order valence-corrected chi connectivity index (χ4v) is 3.41. The molecule has 0 bridgehead atoms. The number of rotatable bonds is 7. The molecule has 1 amide bonds. The summed E-state index contributed by atoms with van der Waals surface area (Å²) >= 11 is 0. The van der Waals surface area contributed by atoms with E-state index in [2.05, 4.69) is 15.4 Å². The maximum absolute atomic E-state index is 14.3. The molecule has 4 rings (SSSR count). The van der Waals surface area contributed by atoms with Crippen LogP contribution in [-0.4, -0.2) is 20.7 Å². The lowest BCUT2D eigenvalue weighted by Crippen LogP contribution is -2.26. The zero-order chi connectivity index (χ0) is 23.4. The zero-order valence-electron chi connectivity index (χ0n) is 18.1. The Morgan fingerprint density at radius 2 is 1.97 bits per heavy atom. The number of ether oxygens (including phenoxy) is 1. The van der Waals surface area contributed by atoms with Crippen LogP contribution >= 0.6 is 0 Å². The first kappa shape index (κ1) is 22.1. The topological polar surface area (TPSA) is 69.0 Å². The minimum atomic E-state index is -0.784. The molecule has 6 nitrogen and oxygen atoms in total. The molecule has 8 heteroatoms. The van der Waals surface area contributed by atoms with Crippen LogP contribution in [0.1, 0.15) is 34.6 Å². The first-order valence-corrected chi connectivity index (χ1v) is 10.3. The van der Waals surface area contributed by atoms with Gasteiger partial charge in [0.25, 0.3) is 5.91 Å². The van der Waals surface area contributed by atoms with Crippen LogP contribution in [0.25, 0.3) is 11.3 Å². The van der Waals surface area contributed by atoms with Crippen molar-refractivity contribution in [2.45, 2.75) is 19.6 Å².